The number of imidazole rings is 1. The second-order valence-electron chi connectivity index (χ2n) is 3.71. The molecule has 0 bridgehead atoms. The molecule has 1 heterocycles. The molecule has 1 aromatic carbocycles. The van der Waals surface area contributed by atoms with Crippen molar-refractivity contribution in [1.29, 1.82) is 0 Å². The largest absolute Gasteiger partial charge is 0.484 e. The van der Waals surface area contributed by atoms with E-state index in [-0.39, 0.29) is 0 Å². The fourth-order valence-electron chi connectivity index (χ4n) is 1.47. The quantitative estimate of drug-likeness (QED) is 0.906. The molecule has 0 aliphatic rings. The van der Waals surface area contributed by atoms with Gasteiger partial charge in [-0.2, -0.15) is 0 Å². The molecule has 0 radical (unpaired) electrons. The minimum Gasteiger partial charge on any atom is -0.484 e. The van der Waals surface area contributed by atoms with E-state index in [1.165, 1.54) is 0 Å². The van der Waals surface area contributed by atoms with E-state index in [9.17, 15) is 0 Å². The summed E-state index contributed by atoms with van der Waals surface area (Å²) >= 11 is 6.08. The van der Waals surface area contributed by atoms with Gasteiger partial charge in [0.15, 0.2) is 0 Å². The first-order valence-corrected chi connectivity index (χ1v) is 5.66. The van der Waals surface area contributed by atoms with Crippen molar-refractivity contribution in [3.8, 4) is 5.75 Å². The zero-order valence-corrected chi connectivity index (χ0v) is 10.3. The third kappa shape index (κ3) is 2.78. The highest BCUT2D eigenvalue weighted by Crippen LogP contribution is 2.25. The Bertz CT molecular complexity index is 510. The Morgan fingerprint density at radius 2 is 2.29 bits per heavy atom. The minimum absolute atomic E-state index is 0.394. The zero-order chi connectivity index (χ0) is 12.3. The number of benzene rings is 1. The van der Waals surface area contributed by atoms with Gasteiger partial charge in [0, 0.05) is 26.0 Å². The summed E-state index contributed by atoms with van der Waals surface area (Å²) in [4.78, 5) is 4.17. The van der Waals surface area contributed by atoms with Crippen molar-refractivity contribution in [1.82, 2.24) is 9.55 Å². The molecule has 0 aliphatic heterocycles. The molecule has 0 fully saturated rings. The van der Waals surface area contributed by atoms with Crippen LogP contribution in [0, 0.1) is 0 Å². The van der Waals surface area contributed by atoms with Gasteiger partial charge in [-0.3, -0.25) is 0 Å². The molecule has 90 valence electrons. The molecule has 5 heteroatoms. The molecule has 2 rings (SSSR count). The van der Waals surface area contributed by atoms with Gasteiger partial charge < -0.3 is 15.0 Å². The molecule has 2 N–H and O–H groups in total. The Morgan fingerprint density at radius 1 is 1.47 bits per heavy atom. The number of rotatable bonds is 4. The maximum absolute atomic E-state index is 6.08. The van der Waals surface area contributed by atoms with Crippen LogP contribution in [0.5, 0.6) is 5.75 Å². The predicted octanol–water partition coefficient (Wildman–Crippen LogP) is 2.11. The number of hydrogen-bond acceptors (Lipinski definition) is 3. The van der Waals surface area contributed by atoms with E-state index in [0.29, 0.717) is 23.9 Å². The van der Waals surface area contributed by atoms with Crippen LogP contribution in [0.3, 0.4) is 0 Å². The van der Waals surface area contributed by atoms with Crippen LogP contribution in [0.4, 0.5) is 0 Å². The molecular weight excluding hydrogens is 238 g/mol. The van der Waals surface area contributed by atoms with E-state index in [1.54, 1.807) is 6.20 Å². The summed E-state index contributed by atoms with van der Waals surface area (Å²) in [5, 5.41) is 0.571. The van der Waals surface area contributed by atoms with E-state index < -0.39 is 0 Å². The van der Waals surface area contributed by atoms with Crippen LogP contribution in [0.2, 0.25) is 5.02 Å². The van der Waals surface area contributed by atoms with Crippen LogP contribution in [0.25, 0.3) is 0 Å². The third-order valence-corrected chi connectivity index (χ3v) is 2.81. The number of aromatic nitrogens is 2. The van der Waals surface area contributed by atoms with Crippen molar-refractivity contribution >= 4 is 11.6 Å². The third-order valence-electron chi connectivity index (χ3n) is 2.51. The van der Waals surface area contributed by atoms with Gasteiger partial charge in [-0.15, -0.1) is 0 Å². The fraction of sp³-hybridized carbons (Fsp3) is 0.250. The van der Waals surface area contributed by atoms with Crippen molar-refractivity contribution in [2.75, 3.05) is 0 Å². The molecule has 2 aromatic rings. The molecule has 0 saturated heterocycles. The number of nitrogens with zero attached hydrogens (tertiary/aromatic N) is 2. The highest BCUT2D eigenvalue weighted by molar-refractivity contribution is 6.32. The molecule has 17 heavy (non-hydrogen) atoms. The highest BCUT2D eigenvalue weighted by Gasteiger charge is 2.05. The van der Waals surface area contributed by atoms with Gasteiger partial charge in [-0.25, -0.2) is 4.98 Å². The van der Waals surface area contributed by atoms with E-state index in [0.717, 1.165) is 11.4 Å². The van der Waals surface area contributed by atoms with Gasteiger partial charge >= 0.3 is 0 Å². The molecule has 0 unspecified atom stereocenters. The number of nitrogens with two attached hydrogens (primary N) is 1. The molecule has 0 aliphatic carbocycles. The Labute approximate surface area is 105 Å². The van der Waals surface area contributed by atoms with E-state index >= 15 is 0 Å². The monoisotopic (exact) mass is 251 g/mol. The Balaban J connectivity index is 2.07. The SMILES string of the molecule is Cn1ccnc1COc1ccc(CN)cc1Cl. The van der Waals surface area contributed by atoms with Crippen molar-refractivity contribution in [3.63, 3.8) is 0 Å². The van der Waals surface area contributed by atoms with Crippen LogP contribution in [-0.2, 0) is 20.2 Å². The topological polar surface area (TPSA) is 53.1 Å². The number of aryl methyl sites for hydroxylation is 1. The van der Waals surface area contributed by atoms with Crippen LogP contribution in [0.1, 0.15) is 11.4 Å². The van der Waals surface area contributed by atoms with Crippen LogP contribution in [-0.4, -0.2) is 9.55 Å². The first-order valence-electron chi connectivity index (χ1n) is 5.28. The van der Waals surface area contributed by atoms with Crippen molar-refractivity contribution in [2.45, 2.75) is 13.2 Å². The van der Waals surface area contributed by atoms with E-state index in [1.807, 2.05) is 36.0 Å². The fourth-order valence-corrected chi connectivity index (χ4v) is 1.72. The smallest absolute Gasteiger partial charge is 0.146 e. The average molecular weight is 252 g/mol. The van der Waals surface area contributed by atoms with Crippen LogP contribution < -0.4 is 10.5 Å². The van der Waals surface area contributed by atoms with Crippen molar-refractivity contribution in [3.05, 3.63) is 47.0 Å². The standard InChI is InChI=1S/C12H14ClN3O/c1-16-5-4-15-12(16)8-17-11-3-2-9(7-14)6-10(11)13/h2-6H,7-8,14H2,1H3. The highest BCUT2D eigenvalue weighted by atomic mass is 35.5. The lowest BCUT2D eigenvalue weighted by atomic mass is 10.2. The molecule has 0 amide bonds. The first-order chi connectivity index (χ1) is 8.20. The summed E-state index contributed by atoms with van der Waals surface area (Å²) < 4.78 is 7.51. The zero-order valence-electron chi connectivity index (χ0n) is 9.56. The molecule has 0 atom stereocenters. The van der Waals surface area contributed by atoms with Gasteiger partial charge in [-0.1, -0.05) is 17.7 Å². The molecule has 1 aromatic heterocycles. The lowest BCUT2D eigenvalue weighted by Crippen LogP contribution is -2.03. The summed E-state index contributed by atoms with van der Waals surface area (Å²) in [7, 11) is 1.92. The first kappa shape index (κ1) is 12.0. The summed E-state index contributed by atoms with van der Waals surface area (Å²) in [6, 6.07) is 5.54. The lowest BCUT2D eigenvalue weighted by molar-refractivity contribution is 0.292. The molecule has 4 nitrogen and oxygen atoms in total. The number of ether oxygens (including phenoxy) is 1. The minimum atomic E-state index is 0.394. The average Bonchev–Trinajstić information content (AvgIpc) is 2.73. The van der Waals surface area contributed by atoms with E-state index in [4.69, 9.17) is 22.1 Å². The van der Waals surface area contributed by atoms with Gasteiger partial charge in [0.2, 0.25) is 0 Å². The summed E-state index contributed by atoms with van der Waals surface area (Å²) in [6.07, 6.45) is 3.61. The maximum Gasteiger partial charge on any atom is 0.146 e. The Kier molecular flexibility index (Phi) is 3.66. The van der Waals surface area contributed by atoms with Gasteiger partial charge in [0.05, 0.1) is 5.02 Å². The van der Waals surface area contributed by atoms with Crippen LogP contribution >= 0.6 is 11.6 Å². The summed E-state index contributed by atoms with van der Waals surface area (Å²) in [5.41, 5.74) is 6.51. The van der Waals surface area contributed by atoms with Crippen molar-refractivity contribution < 1.29 is 4.74 Å². The molecule has 0 spiro atoms. The summed E-state index contributed by atoms with van der Waals surface area (Å²) in [5.74, 6) is 1.50. The van der Waals surface area contributed by atoms with Crippen LogP contribution in [0.15, 0.2) is 30.6 Å². The summed E-state index contributed by atoms with van der Waals surface area (Å²) in [6.45, 7) is 0.866. The maximum atomic E-state index is 6.08. The molecule has 0 saturated carbocycles. The number of halogens is 1. The molecular formula is C12H14ClN3O. The predicted molar refractivity (Wildman–Crippen MR) is 66.9 cm³/mol. The lowest BCUT2D eigenvalue weighted by Gasteiger charge is -2.08. The Hall–Kier alpha value is -1.52. The normalized spacial score (nSPS) is 10.5. The van der Waals surface area contributed by atoms with Gasteiger partial charge in [0.25, 0.3) is 0 Å². The second-order valence-corrected chi connectivity index (χ2v) is 4.12. The Morgan fingerprint density at radius 3 is 2.88 bits per heavy atom. The van der Waals surface area contributed by atoms with Gasteiger partial charge in [0.1, 0.15) is 18.2 Å². The number of hydrogen-bond donors (Lipinski definition) is 1. The van der Waals surface area contributed by atoms with Crippen molar-refractivity contribution in [2.24, 2.45) is 12.8 Å². The second kappa shape index (κ2) is 5.21. The van der Waals surface area contributed by atoms with E-state index in [2.05, 4.69) is 4.98 Å². The van der Waals surface area contributed by atoms with Gasteiger partial charge in [-0.05, 0) is 17.7 Å².